The molecule has 0 amide bonds. The first-order chi connectivity index (χ1) is 6.68. The maximum Gasteiger partial charge on any atom is 0.0677 e. The molecule has 0 unspecified atom stereocenters. The van der Waals surface area contributed by atoms with Crippen LogP contribution < -0.4 is 5.32 Å². The third-order valence-electron chi connectivity index (χ3n) is 2.29. The predicted octanol–water partition coefficient (Wildman–Crippen LogP) is 2.50. The van der Waals surface area contributed by atoms with Gasteiger partial charge in [0.05, 0.1) is 12.7 Å². The third-order valence-corrected chi connectivity index (χ3v) is 2.29. The fourth-order valence-electron chi connectivity index (χ4n) is 1.25. The molecule has 0 radical (unpaired) electrons. The van der Waals surface area contributed by atoms with Crippen molar-refractivity contribution < 1.29 is 4.74 Å². The topological polar surface area (TPSA) is 21.3 Å². The van der Waals surface area contributed by atoms with Gasteiger partial charge in [0, 0.05) is 6.04 Å². The molecule has 2 heteroatoms. The van der Waals surface area contributed by atoms with Crippen LogP contribution in [0.1, 0.15) is 40.0 Å². The van der Waals surface area contributed by atoms with E-state index < -0.39 is 0 Å². The van der Waals surface area contributed by atoms with E-state index in [9.17, 15) is 0 Å². The Labute approximate surface area is 87.7 Å². The molecule has 2 nitrogen and oxygen atoms in total. The van der Waals surface area contributed by atoms with Crippen LogP contribution in [-0.4, -0.2) is 25.3 Å². The monoisotopic (exact) mass is 197 g/mol. The van der Waals surface area contributed by atoms with Crippen molar-refractivity contribution >= 4 is 0 Å². The zero-order chi connectivity index (χ0) is 10.4. The van der Waals surface area contributed by atoms with Crippen LogP contribution in [0.25, 0.3) is 0 Å². The highest BCUT2D eigenvalue weighted by Gasteiger charge is 2.19. The Balaban J connectivity index is 1.97. The number of hydrogen-bond donors (Lipinski definition) is 1. The summed E-state index contributed by atoms with van der Waals surface area (Å²) in [5.74, 6) is 0. The van der Waals surface area contributed by atoms with E-state index in [4.69, 9.17) is 4.74 Å². The molecule has 0 aromatic heterocycles. The van der Waals surface area contributed by atoms with Crippen LogP contribution in [0, 0.1) is 0 Å². The lowest BCUT2D eigenvalue weighted by Crippen LogP contribution is -2.16. The van der Waals surface area contributed by atoms with Crippen LogP contribution in [0.3, 0.4) is 0 Å². The minimum atomic E-state index is 0.336. The molecule has 1 aliphatic carbocycles. The molecule has 1 N–H and O–H groups in total. The average Bonchev–Trinajstić information content (AvgIpc) is 2.92. The number of nitrogens with one attached hydrogen (secondary N) is 1. The summed E-state index contributed by atoms with van der Waals surface area (Å²) in [5.41, 5.74) is 1.34. The van der Waals surface area contributed by atoms with Crippen molar-refractivity contribution in [2.45, 2.75) is 52.2 Å². The van der Waals surface area contributed by atoms with Crippen LogP contribution >= 0.6 is 0 Å². The average molecular weight is 197 g/mol. The number of hydrogen-bond acceptors (Lipinski definition) is 2. The van der Waals surface area contributed by atoms with Crippen molar-refractivity contribution in [1.29, 1.82) is 0 Å². The summed E-state index contributed by atoms with van der Waals surface area (Å²) >= 11 is 0. The van der Waals surface area contributed by atoms with Crippen LogP contribution in [0.5, 0.6) is 0 Å². The molecule has 0 spiro atoms. The molecule has 0 bridgehead atoms. The molecular formula is C12H23NO. The first-order valence-electron chi connectivity index (χ1n) is 5.69. The van der Waals surface area contributed by atoms with Crippen LogP contribution in [-0.2, 0) is 4.74 Å². The molecule has 82 valence electrons. The Morgan fingerprint density at radius 2 is 2.21 bits per heavy atom. The van der Waals surface area contributed by atoms with Crippen molar-refractivity contribution in [3.8, 4) is 0 Å². The van der Waals surface area contributed by atoms with Crippen LogP contribution in [0.2, 0.25) is 0 Å². The second kappa shape index (κ2) is 6.20. The summed E-state index contributed by atoms with van der Waals surface area (Å²) in [4.78, 5) is 0. The molecule has 1 aliphatic rings. The van der Waals surface area contributed by atoms with Crippen molar-refractivity contribution in [2.24, 2.45) is 0 Å². The van der Waals surface area contributed by atoms with E-state index in [1.54, 1.807) is 0 Å². The SMILES string of the molecule is CC(=CCCNC1CC1)COC(C)C. The summed E-state index contributed by atoms with van der Waals surface area (Å²) in [6.45, 7) is 8.17. The van der Waals surface area contributed by atoms with Crippen molar-refractivity contribution in [1.82, 2.24) is 5.32 Å². The lowest BCUT2D eigenvalue weighted by molar-refractivity contribution is 0.0972. The van der Waals surface area contributed by atoms with E-state index in [2.05, 4.69) is 32.2 Å². The van der Waals surface area contributed by atoms with E-state index in [1.165, 1.54) is 18.4 Å². The summed E-state index contributed by atoms with van der Waals surface area (Å²) in [7, 11) is 0. The molecule has 0 aromatic carbocycles. The normalized spacial score (nSPS) is 17.9. The van der Waals surface area contributed by atoms with Gasteiger partial charge in [0.1, 0.15) is 0 Å². The van der Waals surface area contributed by atoms with Gasteiger partial charge in [0.25, 0.3) is 0 Å². The lowest BCUT2D eigenvalue weighted by atomic mass is 10.2. The molecule has 1 rings (SSSR count). The van der Waals surface area contributed by atoms with Gasteiger partial charge in [0.15, 0.2) is 0 Å². The standard InChI is InChI=1S/C12H23NO/c1-10(2)14-9-11(3)5-4-8-13-12-6-7-12/h5,10,12-13H,4,6-9H2,1-3H3. The number of rotatable bonds is 7. The molecule has 0 atom stereocenters. The van der Waals surface area contributed by atoms with Crippen LogP contribution in [0.4, 0.5) is 0 Å². The highest BCUT2D eigenvalue weighted by molar-refractivity contribution is 4.98. The predicted molar refractivity (Wildman–Crippen MR) is 60.5 cm³/mol. The van der Waals surface area contributed by atoms with E-state index >= 15 is 0 Å². The molecule has 14 heavy (non-hydrogen) atoms. The van der Waals surface area contributed by atoms with Gasteiger partial charge >= 0.3 is 0 Å². The maximum absolute atomic E-state index is 5.51. The summed E-state index contributed by atoms with van der Waals surface area (Å²) in [5, 5.41) is 3.49. The zero-order valence-corrected chi connectivity index (χ0v) is 9.68. The fourth-order valence-corrected chi connectivity index (χ4v) is 1.25. The Hall–Kier alpha value is -0.340. The fraction of sp³-hybridized carbons (Fsp3) is 0.833. The molecular weight excluding hydrogens is 174 g/mol. The third kappa shape index (κ3) is 6.17. The van der Waals surface area contributed by atoms with Gasteiger partial charge in [0.2, 0.25) is 0 Å². The first-order valence-corrected chi connectivity index (χ1v) is 5.69. The second-order valence-electron chi connectivity index (χ2n) is 4.43. The Morgan fingerprint density at radius 3 is 2.79 bits per heavy atom. The highest BCUT2D eigenvalue weighted by Crippen LogP contribution is 2.18. The van der Waals surface area contributed by atoms with Crippen molar-refractivity contribution in [3.05, 3.63) is 11.6 Å². The van der Waals surface area contributed by atoms with Gasteiger partial charge in [-0.05, 0) is 46.6 Å². The zero-order valence-electron chi connectivity index (χ0n) is 9.68. The quantitative estimate of drug-likeness (QED) is 0.500. The summed E-state index contributed by atoms with van der Waals surface area (Å²) in [6, 6.07) is 0.829. The Kier molecular flexibility index (Phi) is 5.20. The summed E-state index contributed by atoms with van der Waals surface area (Å²) in [6.07, 6.45) is 6.49. The Morgan fingerprint density at radius 1 is 1.50 bits per heavy atom. The minimum absolute atomic E-state index is 0.336. The molecule has 0 saturated heterocycles. The molecule has 0 aliphatic heterocycles. The largest absolute Gasteiger partial charge is 0.374 e. The van der Waals surface area contributed by atoms with Crippen molar-refractivity contribution in [2.75, 3.05) is 13.2 Å². The van der Waals surface area contributed by atoms with E-state index in [1.807, 2.05) is 0 Å². The molecule has 0 heterocycles. The minimum Gasteiger partial charge on any atom is -0.374 e. The van der Waals surface area contributed by atoms with Gasteiger partial charge in [-0.15, -0.1) is 0 Å². The van der Waals surface area contributed by atoms with Gasteiger partial charge in [-0.25, -0.2) is 0 Å². The van der Waals surface area contributed by atoms with E-state index in [0.717, 1.165) is 25.6 Å². The van der Waals surface area contributed by atoms with Gasteiger partial charge < -0.3 is 10.1 Å². The number of ether oxygens (including phenoxy) is 1. The first kappa shape index (κ1) is 11.7. The lowest BCUT2D eigenvalue weighted by Gasteiger charge is -2.07. The smallest absolute Gasteiger partial charge is 0.0677 e. The molecule has 0 aromatic rings. The van der Waals surface area contributed by atoms with Crippen LogP contribution in [0.15, 0.2) is 11.6 Å². The van der Waals surface area contributed by atoms with Gasteiger partial charge in [-0.2, -0.15) is 0 Å². The van der Waals surface area contributed by atoms with Gasteiger partial charge in [-0.1, -0.05) is 11.6 Å². The molecule has 1 saturated carbocycles. The second-order valence-corrected chi connectivity index (χ2v) is 4.43. The van der Waals surface area contributed by atoms with Gasteiger partial charge in [-0.3, -0.25) is 0 Å². The van der Waals surface area contributed by atoms with Crippen molar-refractivity contribution in [3.63, 3.8) is 0 Å². The highest BCUT2D eigenvalue weighted by atomic mass is 16.5. The summed E-state index contributed by atoms with van der Waals surface area (Å²) < 4.78 is 5.51. The maximum atomic E-state index is 5.51. The molecule has 1 fully saturated rings. The van der Waals surface area contributed by atoms with E-state index in [0.29, 0.717) is 6.10 Å². The van der Waals surface area contributed by atoms with E-state index in [-0.39, 0.29) is 0 Å². The Bertz CT molecular complexity index is 183.